The van der Waals surface area contributed by atoms with Crippen LogP contribution in [0.15, 0.2) is 59.5 Å². The van der Waals surface area contributed by atoms with Gasteiger partial charge in [0.05, 0.1) is 4.90 Å². The third-order valence-electron chi connectivity index (χ3n) is 4.89. The van der Waals surface area contributed by atoms with Crippen LogP contribution in [0, 0.1) is 13.8 Å². The van der Waals surface area contributed by atoms with E-state index in [2.05, 4.69) is 41.3 Å². The Hall–Kier alpha value is -2.77. The fourth-order valence-electron chi connectivity index (χ4n) is 3.50. The molecule has 1 aliphatic rings. The Balaban J connectivity index is 1.47. The predicted octanol–water partition coefficient (Wildman–Crippen LogP) is 3.34. The number of aryl methyl sites for hydroxylation is 1. The number of sulfonamides is 1. The van der Waals surface area contributed by atoms with Gasteiger partial charge in [-0.15, -0.1) is 0 Å². The summed E-state index contributed by atoms with van der Waals surface area (Å²) < 4.78 is 40.5. The topological polar surface area (TPSA) is 69.6 Å². The van der Waals surface area contributed by atoms with Gasteiger partial charge in [0.25, 0.3) is 0 Å². The van der Waals surface area contributed by atoms with E-state index < -0.39 is 10.0 Å². The van der Waals surface area contributed by atoms with E-state index in [1.165, 1.54) is 12.1 Å². The van der Waals surface area contributed by atoms with Crippen LogP contribution in [0.3, 0.4) is 0 Å². The average Bonchev–Trinajstić information content (AvgIpc) is 3.26. The minimum atomic E-state index is -3.61. The predicted molar refractivity (Wildman–Crippen MR) is 107 cm³/mol. The van der Waals surface area contributed by atoms with Crippen LogP contribution in [0.4, 0.5) is 0 Å². The number of hydrogen-bond acceptors (Lipinski definition) is 4. The van der Waals surface area contributed by atoms with Crippen molar-refractivity contribution in [3.63, 3.8) is 0 Å². The van der Waals surface area contributed by atoms with Gasteiger partial charge in [0.15, 0.2) is 11.5 Å². The van der Waals surface area contributed by atoms with Crippen molar-refractivity contribution in [3.05, 3.63) is 71.5 Å². The molecule has 146 valence electrons. The van der Waals surface area contributed by atoms with Crippen LogP contribution in [-0.4, -0.2) is 26.3 Å². The molecule has 3 aromatic rings. The Bertz CT molecular complexity index is 1100. The maximum Gasteiger partial charge on any atom is 0.240 e. The highest BCUT2D eigenvalue weighted by molar-refractivity contribution is 7.89. The molecule has 0 unspecified atom stereocenters. The fraction of sp³-hybridized carbons (Fsp3) is 0.238. The van der Waals surface area contributed by atoms with E-state index in [4.69, 9.17) is 9.47 Å². The first-order chi connectivity index (χ1) is 13.5. The van der Waals surface area contributed by atoms with Gasteiger partial charge in [0.2, 0.25) is 16.8 Å². The van der Waals surface area contributed by atoms with Crippen molar-refractivity contribution in [2.75, 3.05) is 13.3 Å². The second-order valence-electron chi connectivity index (χ2n) is 6.73. The molecule has 0 spiro atoms. The zero-order valence-corrected chi connectivity index (χ0v) is 16.6. The SMILES string of the molecule is Cc1cc(CCNS(=O)(=O)c2ccc3c(c2)OCO3)c(C)n1-c1ccccc1. The van der Waals surface area contributed by atoms with Gasteiger partial charge in [-0.2, -0.15) is 0 Å². The molecule has 0 aliphatic carbocycles. The quantitative estimate of drug-likeness (QED) is 0.691. The maximum atomic E-state index is 12.6. The molecule has 0 radical (unpaired) electrons. The number of para-hydroxylation sites is 1. The van der Waals surface area contributed by atoms with Crippen molar-refractivity contribution in [3.8, 4) is 17.2 Å². The number of benzene rings is 2. The number of nitrogens with zero attached hydrogens (tertiary/aromatic N) is 1. The molecule has 2 heterocycles. The summed E-state index contributed by atoms with van der Waals surface area (Å²) in [5, 5.41) is 0. The Labute approximate surface area is 164 Å². The molecule has 7 heteroatoms. The second kappa shape index (κ2) is 7.33. The first-order valence-electron chi connectivity index (χ1n) is 9.08. The molecular weight excluding hydrogens is 376 g/mol. The molecule has 0 saturated carbocycles. The lowest BCUT2D eigenvalue weighted by molar-refractivity contribution is 0.174. The summed E-state index contributed by atoms with van der Waals surface area (Å²) in [5.74, 6) is 1.02. The Morgan fingerprint density at radius 2 is 1.75 bits per heavy atom. The lowest BCUT2D eigenvalue weighted by Gasteiger charge is -2.10. The molecule has 0 bridgehead atoms. The van der Waals surface area contributed by atoms with E-state index in [0.29, 0.717) is 24.5 Å². The molecule has 4 rings (SSSR count). The maximum absolute atomic E-state index is 12.6. The van der Waals surface area contributed by atoms with Crippen LogP contribution in [0.2, 0.25) is 0 Å². The van der Waals surface area contributed by atoms with Crippen LogP contribution in [0.5, 0.6) is 11.5 Å². The van der Waals surface area contributed by atoms with Crippen LogP contribution in [0.25, 0.3) is 5.69 Å². The lowest BCUT2D eigenvalue weighted by Crippen LogP contribution is -2.26. The van der Waals surface area contributed by atoms with Crippen molar-refractivity contribution in [1.29, 1.82) is 0 Å². The summed E-state index contributed by atoms with van der Waals surface area (Å²) in [6.45, 7) is 4.54. The number of hydrogen-bond donors (Lipinski definition) is 1. The summed E-state index contributed by atoms with van der Waals surface area (Å²) in [5.41, 5.74) is 4.46. The number of aromatic nitrogens is 1. The largest absolute Gasteiger partial charge is 0.454 e. The lowest BCUT2D eigenvalue weighted by atomic mass is 10.2. The summed E-state index contributed by atoms with van der Waals surface area (Å²) in [4.78, 5) is 0.173. The van der Waals surface area contributed by atoms with E-state index >= 15 is 0 Å². The molecule has 0 fully saturated rings. The molecule has 1 aliphatic heterocycles. The molecule has 6 nitrogen and oxygen atoms in total. The van der Waals surface area contributed by atoms with E-state index in [0.717, 1.165) is 22.6 Å². The van der Waals surface area contributed by atoms with Gasteiger partial charge in [-0.1, -0.05) is 18.2 Å². The molecule has 28 heavy (non-hydrogen) atoms. The van der Waals surface area contributed by atoms with Gasteiger partial charge in [-0.25, -0.2) is 13.1 Å². The Morgan fingerprint density at radius 3 is 2.54 bits per heavy atom. The van der Waals surface area contributed by atoms with E-state index in [-0.39, 0.29) is 11.7 Å². The third-order valence-corrected chi connectivity index (χ3v) is 6.35. The molecular formula is C21H22N2O4S. The van der Waals surface area contributed by atoms with Crippen molar-refractivity contribution in [2.24, 2.45) is 0 Å². The van der Waals surface area contributed by atoms with E-state index in [9.17, 15) is 8.42 Å². The molecule has 0 atom stereocenters. The first kappa shape index (κ1) is 18.6. The van der Waals surface area contributed by atoms with Crippen molar-refractivity contribution in [2.45, 2.75) is 25.2 Å². The van der Waals surface area contributed by atoms with Crippen LogP contribution < -0.4 is 14.2 Å². The van der Waals surface area contributed by atoms with Crippen molar-refractivity contribution in [1.82, 2.24) is 9.29 Å². The zero-order valence-electron chi connectivity index (χ0n) is 15.8. The minimum absolute atomic E-state index is 0.114. The van der Waals surface area contributed by atoms with Gasteiger partial charge >= 0.3 is 0 Å². The summed E-state index contributed by atoms with van der Waals surface area (Å²) in [6, 6.07) is 16.9. The van der Waals surface area contributed by atoms with Crippen molar-refractivity contribution >= 4 is 10.0 Å². The molecule has 0 saturated heterocycles. The van der Waals surface area contributed by atoms with Gasteiger partial charge in [-0.3, -0.25) is 0 Å². The van der Waals surface area contributed by atoms with Crippen LogP contribution in [-0.2, 0) is 16.4 Å². The van der Waals surface area contributed by atoms with Gasteiger partial charge in [-0.05, 0) is 56.2 Å². The summed E-state index contributed by atoms with van der Waals surface area (Å²) in [7, 11) is -3.61. The number of ether oxygens (including phenoxy) is 2. The molecule has 2 aromatic carbocycles. The highest BCUT2D eigenvalue weighted by Gasteiger charge is 2.20. The highest BCUT2D eigenvalue weighted by Crippen LogP contribution is 2.33. The number of rotatable bonds is 6. The number of nitrogens with one attached hydrogen (secondary N) is 1. The smallest absolute Gasteiger partial charge is 0.240 e. The summed E-state index contributed by atoms with van der Waals surface area (Å²) in [6.07, 6.45) is 0.607. The van der Waals surface area contributed by atoms with Crippen molar-refractivity contribution < 1.29 is 17.9 Å². The zero-order chi connectivity index (χ0) is 19.7. The van der Waals surface area contributed by atoms with Gasteiger partial charge in [0, 0.05) is 29.7 Å². The summed E-state index contributed by atoms with van der Waals surface area (Å²) >= 11 is 0. The fourth-order valence-corrected chi connectivity index (χ4v) is 4.55. The van der Waals surface area contributed by atoms with Gasteiger partial charge in [0.1, 0.15) is 0 Å². The van der Waals surface area contributed by atoms with Gasteiger partial charge < -0.3 is 14.0 Å². The Kier molecular flexibility index (Phi) is 4.87. The number of fused-ring (bicyclic) bond motifs is 1. The normalized spacial score (nSPS) is 13.1. The highest BCUT2D eigenvalue weighted by atomic mass is 32.2. The molecule has 1 aromatic heterocycles. The molecule has 1 N–H and O–H groups in total. The Morgan fingerprint density at radius 1 is 1.00 bits per heavy atom. The van der Waals surface area contributed by atoms with Crippen LogP contribution >= 0.6 is 0 Å². The van der Waals surface area contributed by atoms with E-state index in [1.807, 2.05) is 18.2 Å². The van der Waals surface area contributed by atoms with E-state index in [1.54, 1.807) is 6.07 Å². The monoisotopic (exact) mass is 398 g/mol. The van der Waals surface area contributed by atoms with Crippen LogP contribution in [0.1, 0.15) is 17.0 Å². The average molecular weight is 398 g/mol. The minimum Gasteiger partial charge on any atom is -0.454 e. The second-order valence-corrected chi connectivity index (χ2v) is 8.50. The first-order valence-corrected chi connectivity index (χ1v) is 10.6. The third kappa shape index (κ3) is 3.50. The standard InChI is InChI=1S/C21H22N2O4S/c1-15-12-17(16(2)23(15)18-6-4-3-5-7-18)10-11-22-28(24,25)19-8-9-20-21(13-19)27-14-26-20/h3-9,12-13,22H,10-11,14H2,1-2H3. The molecule has 0 amide bonds.